The first-order valence-corrected chi connectivity index (χ1v) is 7.97. The number of nitrogens with one attached hydrogen (secondary N) is 2. The van der Waals surface area contributed by atoms with Crippen LogP contribution in [0, 0.1) is 0 Å². The molecule has 0 bridgehead atoms. The summed E-state index contributed by atoms with van der Waals surface area (Å²) in [6.45, 7) is 5.01. The van der Waals surface area contributed by atoms with Gasteiger partial charge in [0.1, 0.15) is 11.0 Å². The zero-order valence-corrected chi connectivity index (χ0v) is 13.2. The van der Waals surface area contributed by atoms with Crippen molar-refractivity contribution < 1.29 is 14.5 Å². The normalized spacial score (nSPS) is 16.0. The maximum Gasteiger partial charge on any atom is 0.279 e. The third kappa shape index (κ3) is 3.23. The van der Waals surface area contributed by atoms with Crippen LogP contribution < -0.4 is 10.2 Å². The number of aromatic nitrogens is 2. The van der Waals surface area contributed by atoms with Crippen molar-refractivity contribution in [3.63, 3.8) is 0 Å². The summed E-state index contributed by atoms with van der Waals surface area (Å²) in [5.74, 6) is 0.0676. The number of carbonyl (C=O) groups is 2. The van der Waals surface area contributed by atoms with Crippen molar-refractivity contribution in [1.29, 1.82) is 0 Å². The number of hydrogen-bond acceptors (Lipinski definition) is 5. The Morgan fingerprint density at radius 1 is 1.32 bits per heavy atom. The van der Waals surface area contributed by atoms with Crippen LogP contribution in [0.1, 0.15) is 6.92 Å². The van der Waals surface area contributed by atoms with Crippen LogP contribution >= 0.6 is 11.7 Å². The molecule has 1 aliphatic rings. The zero-order valence-electron chi connectivity index (χ0n) is 12.3. The Bertz CT molecular complexity index is 693. The summed E-state index contributed by atoms with van der Waals surface area (Å²) in [6.07, 6.45) is 0. The number of amides is 2. The van der Waals surface area contributed by atoms with Gasteiger partial charge in [-0.25, -0.2) is 0 Å². The summed E-state index contributed by atoms with van der Waals surface area (Å²) in [5.41, 5.74) is 2.24. The van der Waals surface area contributed by atoms with Gasteiger partial charge < -0.3 is 15.1 Å². The molecule has 7 nitrogen and oxygen atoms in total. The lowest BCUT2D eigenvalue weighted by Crippen LogP contribution is -3.15. The van der Waals surface area contributed by atoms with Gasteiger partial charge in [-0.3, -0.25) is 9.59 Å². The number of fused-ring (bicyclic) bond motifs is 1. The van der Waals surface area contributed by atoms with E-state index in [0.717, 1.165) is 35.9 Å². The number of nitrogens with zero attached hydrogens (tertiary/aromatic N) is 3. The van der Waals surface area contributed by atoms with Crippen molar-refractivity contribution >= 4 is 40.3 Å². The summed E-state index contributed by atoms with van der Waals surface area (Å²) >= 11 is 1.14. The molecule has 0 radical (unpaired) electrons. The van der Waals surface area contributed by atoms with Gasteiger partial charge in [0, 0.05) is 6.92 Å². The van der Waals surface area contributed by atoms with Gasteiger partial charge in [-0.1, -0.05) is 6.07 Å². The van der Waals surface area contributed by atoms with Crippen LogP contribution in [0.2, 0.25) is 0 Å². The molecule has 2 heterocycles. The fraction of sp³-hybridized carbons (Fsp3) is 0.429. The lowest BCUT2D eigenvalue weighted by Gasteiger charge is -2.31. The first kappa shape index (κ1) is 14.9. The Labute approximate surface area is 132 Å². The smallest absolute Gasteiger partial charge is 0.279 e. The van der Waals surface area contributed by atoms with Crippen LogP contribution in [0.4, 0.5) is 5.69 Å². The first-order valence-electron chi connectivity index (χ1n) is 7.23. The Kier molecular flexibility index (Phi) is 4.30. The molecular weight excluding hydrogens is 302 g/mol. The number of anilines is 1. The fourth-order valence-corrected chi connectivity index (χ4v) is 3.19. The molecule has 1 aromatic carbocycles. The van der Waals surface area contributed by atoms with Crippen LogP contribution in [0.3, 0.4) is 0 Å². The van der Waals surface area contributed by atoms with Crippen molar-refractivity contribution in [2.45, 2.75) is 6.92 Å². The summed E-state index contributed by atoms with van der Waals surface area (Å²) in [6, 6.07) is 5.57. The van der Waals surface area contributed by atoms with Gasteiger partial charge >= 0.3 is 0 Å². The maximum absolute atomic E-state index is 12.2. The molecule has 0 atom stereocenters. The maximum atomic E-state index is 12.2. The highest BCUT2D eigenvalue weighted by atomic mass is 32.1. The van der Waals surface area contributed by atoms with Gasteiger partial charge in [0.25, 0.3) is 5.91 Å². The van der Waals surface area contributed by atoms with Gasteiger partial charge in [-0.15, -0.1) is 0 Å². The Hall–Kier alpha value is -2.06. The molecule has 2 aromatic rings. The van der Waals surface area contributed by atoms with Crippen LogP contribution in [-0.2, 0) is 9.59 Å². The zero-order chi connectivity index (χ0) is 15.5. The lowest BCUT2D eigenvalue weighted by molar-refractivity contribution is -0.895. The molecule has 116 valence electrons. The number of rotatable bonds is 3. The summed E-state index contributed by atoms with van der Waals surface area (Å²) in [4.78, 5) is 26.5. The minimum Gasteiger partial charge on any atom is -0.332 e. The van der Waals surface area contributed by atoms with E-state index in [1.807, 2.05) is 23.1 Å². The third-order valence-corrected chi connectivity index (χ3v) is 4.43. The van der Waals surface area contributed by atoms with E-state index in [2.05, 4.69) is 14.1 Å². The molecule has 22 heavy (non-hydrogen) atoms. The number of piperazine rings is 1. The SMILES string of the molecule is CC(=O)N1CC[NH+](CC(=O)Nc2cccc3nsnc23)CC1. The highest BCUT2D eigenvalue weighted by Crippen LogP contribution is 2.20. The van der Waals surface area contributed by atoms with Gasteiger partial charge in [0.15, 0.2) is 6.54 Å². The highest BCUT2D eigenvalue weighted by Gasteiger charge is 2.23. The topological polar surface area (TPSA) is 79.6 Å². The second kappa shape index (κ2) is 6.37. The number of quaternary nitrogens is 1. The van der Waals surface area contributed by atoms with Crippen molar-refractivity contribution in [2.24, 2.45) is 0 Å². The summed E-state index contributed by atoms with van der Waals surface area (Å²) in [5, 5.41) is 2.92. The molecule has 0 saturated carbocycles. The molecule has 1 aromatic heterocycles. The Balaban J connectivity index is 1.57. The third-order valence-electron chi connectivity index (χ3n) is 3.89. The van der Waals surface area contributed by atoms with E-state index < -0.39 is 0 Å². The van der Waals surface area contributed by atoms with E-state index in [4.69, 9.17) is 0 Å². The van der Waals surface area contributed by atoms with Crippen LogP contribution in [0.15, 0.2) is 18.2 Å². The summed E-state index contributed by atoms with van der Waals surface area (Å²) < 4.78 is 8.38. The predicted molar refractivity (Wildman–Crippen MR) is 83.9 cm³/mol. The average Bonchev–Trinajstić information content (AvgIpc) is 2.97. The van der Waals surface area contributed by atoms with E-state index >= 15 is 0 Å². The molecule has 8 heteroatoms. The second-order valence-corrected chi connectivity index (χ2v) is 5.95. The highest BCUT2D eigenvalue weighted by molar-refractivity contribution is 7.00. The molecule has 1 fully saturated rings. The molecule has 2 amide bonds. The van der Waals surface area contributed by atoms with Crippen LogP contribution in [0.25, 0.3) is 11.0 Å². The van der Waals surface area contributed by atoms with Crippen molar-refractivity contribution in [3.05, 3.63) is 18.2 Å². The van der Waals surface area contributed by atoms with Crippen LogP contribution in [-0.4, -0.2) is 58.2 Å². The monoisotopic (exact) mass is 320 g/mol. The molecule has 1 saturated heterocycles. The van der Waals surface area contributed by atoms with E-state index in [1.54, 1.807) is 6.92 Å². The minimum atomic E-state index is -0.0354. The predicted octanol–water partition coefficient (Wildman–Crippen LogP) is -0.623. The van der Waals surface area contributed by atoms with E-state index in [1.165, 1.54) is 4.90 Å². The fourth-order valence-electron chi connectivity index (χ4n) is 2.64. The molecule has 1 aliphatic heterocycles. The van der Waals surface area contributed by atoms with Gasteiger partial charge in [0.05, 0.1) is 43.6 Å². The lowest BCUT2D eigenvalue weighted by atomic mass is 10.2. The molecule has 0 unspecified atom stereocenters. The molecule has 0 spiro atoms. The van der Waals surface area contributed by atoms with Gasteiger partial charge in [-0.05, 0) is 12.1 Å². The van der Waals surface area contributed by atoms with E-state index in [-0.39, 0.29) is 11.8 Å². The number of carbonyl (C=O) groups excluding carboxylic acids is 2. The van der Waals surface area contributed by atoms with Gasteiger partial charge in [-0.2, -0.15) is 8.75 Å². The average molecular weight is 320 g/mol. The van der Waals surface area contributed by atoms with E-state index in [9.17, 15) is 9.59 Å². The largest absolute Gasteiger partial charge is 0.332 e. The minimum absolute atomic E-state index is 0.0354. The summed E-state index contributed by atoms with van der Waals surface area (Å²) in [7, 11) is 0. The van der Waals surface area contributed by atoms with Crippen molar-refractivity contribution in [2.75, 3.05) is 38.0 Å². The Morgan fingerprint density at radius 2 is 2.09 bits per heavy atom. The van der Waals surface area contributed by atoms with E-state index in [0.29, 0.717) is 25.3 Å². The quantitative estimate of drug-likeness (QED) is 0.790. The second-order valence-electron chi connectivity index (χ2n) is 5.42. The van der Waals surface area contributed by atoms with Gasteiger partial charge in [0.2, 0.25) is 5.91 Å². The number of benzene rings is 1. The van der Waals surface area contributed by atoms with Crippen molar-refractivity contribution in [1.82, 2.24) is 13.6 Å². The molecular formula is C14H18N5O2S+. The van der Waals surface area contributed by atoms with Crippen molar-refractivity contribution in [3.8, 4) is 0 Å². The van der Waals surface area contributed by atoms with Crippen LogP contribution in [0.5, 0.6) is 0 Å². The molecule has 2 N–H and O–H groups in total. The molecule has 0 aliphatic carbocycles. The standard InChI is InChI=1S/C14H17N5O2S/c1-10(20)19-7-5-18(6-8-19)9-13(21)15-11-3-2-4-12-14(11)17-22-16-12/h2-4H,5-9H2,1H3,(H,15,21)/p+1. The first-order chi connectivity index (χ1) is 10.6. The number of hydrogen-bond donors (Lipinski definition) is 2. The molecule has 3 rings (SSSR count). The Morgan fingerprint density at radius 3 is 2.82 bits per heavy atom.